The van der Waals surface area contributed by atoms with Gasteiger partial charge in [-0.05, 0) is 43.2 Å². The van der Waals surface area contributed by atoms with Gasteiger partial charge in [0.05, 0.1) is 16.7 Å². The molecule has 1 N–H and O–H groups in total. The fourth-order valence-corrected chi connectivity index (χ4v) is 4.02. The number of hydrogen-bond acceptors (Lipinski definition) is 6. The Labute approximate surface area is 145 Å². The summed E-state index contributed by atoms with van der Waals surface area (Å²) in [5.74, 6) is 1.99. The summed E-state index contributed by atoms with van der Waals surface area (Å²) in [5.41, 5.74) is 1.36. The molecule has 130 valence electrons. The molecule has 1 aliphatic heterocycles. The van der Waals surface area contributed by atoms with E-state index < -0.39 is 4.92 Å². The van der Waals surface area contributed by atoms with E-state index in [1.807, 2.05) is 12.1 Å². The predicted molar refractivity (Wildman–Crippen MR) is 93.2 cm³/mol. The predicted octanol–water partition coefficient (Wildman–Crippen LogP) is 2.65. The highest BCUT2D eigenvalue weighted by Crippen LogP contribution is 2.37. The van der Waals surface area contributed by atoms with Crippen LogP contribution in [0.1, 0.15) is 19.3 Å². The maximum atomic E-state index is 10.9. The van der Waals surface area contributed by atoms with E-state index in [1.54, 1.807) is 12.1 Å². The summed E-state index contributed by atoms with van der Waals surface area (Å²) in [5, 5.41) is 29.3. The fraction of sp³-hybridized carbons (Fsp3) is 0.444. The van der Waals surface area contributed by atoms with Crippen molar-refractivity contribution in [3.8, 4) is 11.3 Å². The zero-order valence-electron chi connectivity index (χ0n) is 13.8. The van der Waals surface area contributed by atoms with Crippen molar-refractivity contribution in [3.63, 3.8) is 0 Å². The van der Waals surface area contributed by atoms with Crippen molar-refractivity contribution in [2.75, 3.05) is 18.0 Å². The monoisotopic (exact) mass is 340 g/mol. The molecule has 1 aliphatic carbocycles. The van der Waals surface area contributed by atoms with Crippen LogP contribution < -0.4 is 4.90 Å². The van der Waals surface area contributed by atoms with Crippen molar-refractivity contribution in [3.05, 3.63) is 46.5 Å². The number of anilines is 1. The van der Waals surface area contributed by atoms with E-state index in [-0.39, 0.29) is 11.8 Å². The molecule has 1 saturated carbocycles. The molecule has 0 spiro atoms. The highest BCUT2D eigenvalue weighted by molar-refractivity contribution is 5.63. The number of benzene rings is 1. The Kier molecular flexibility index (Phi) is 4.09. The molecule has 0 unspecified atom stereocenters. The Morgan fingerprint density at radius 2 is 1.96 bits per heavy atom. The molecule has 0 bridgehead atoms. The van der Waals surface area contributed by atoms with Gasteiger partial charge in [0.1, 0.15) is 0 Å². The van der Waals surface area contributed by atoms with Gasteiger partial charge in [-0.1, -0.05) is 12.1 Å². The van der Waals surface area contributed by atoms with Crippen LogP contribution in [0.4, 0.5) is 11.5 Å². The van der Waals surface area contributed by atoms with Crippen molar-refractivity contribution >= 4 is 11.5 Å². The molecule has 25 heavy (non-hydrogen) atoms. The van der Waals surface area contributed by atoms with Gasteiger partial charge in [0.25, 0.3) is 5.69 Å². The summed E-state index contributed by atoms with van der Waals surface area (Å²) in [6.45, 7) is 1.87. The quantitative estimate of drug-likeness (QED) is 0.682. The Hall–Kier alpha value is -2.54. The molecule has 3 atom stereocenters. The number of nitro benzene ring substituents is 1. The number of nitro groups is 1. The van der Waals surface area contributed by atoms with Gasteiger partial charge in [0, 0.05) is 30.8 Å². The molecular formula is C18H20N4O3. The largest absolute Gasteiger partial charge is 0.393 e. The molecule has 1 saturated heterocycles. The number of aliphatic hydroxyl groups excluding tert-OH is 1. The fourth-order valence-electron chi connectivity index (χ4n) is 4.02. The Balaban J connectivity index is 1.51. The first kappa shape index (κ1) is 16.0. The normalized spacial score (nSPS) is 25.6. The van der Waals surface area contributed by atoms with Crippen LogP contribution in [0.3, 0.4) is 0 Å². The van der Waals surface area contributed by atoms with E-state index in [9.17, 15) is 15.2 Å². The van der Waals surface area contributed by atoms with Gasteiger partial charge in [-0.2, -0.15) is 0 Å². The lowest BCUT2D eigenvalue weighted by Gasteiger charge is -2.27. The third-order valence-corrected chi connectivity index (χ3v) is 5.35. The van der Waals surface area contributed by atoms with Crippen LogP contribution in [0.15, 0.2) is 36.4 Å². The third kappa shape index (κ3) is 3.19. The minimum atomic E-state index is -0.411. The van der Waals surface area contributed by atoms with Crippen molar-refractivity contribution in [2.45, 2.75) is 25.4 Å². The maximum Gasteiger partial charge on any atom is 0.270 e. The van der Waals surface area contributed by atoms with E-state index in [1.165, 1.54) is 12.1 Å². The maximum absolute atomic E-state index is 10.9. The van der Waals surface area contributed by atoms with E-state index in [0.29, 0.717) is 23.1 Å². The molecule has 2 heterocycles. The first-order valence-corrected chi connectivity index (χ1v) is 8.62. The lowest BCUT2D eigenvalue weighted by molar-refractivity contribution is -0.384. The molecule has 7 heteroatoms. The van der Waals surface area contributed by atoms with Crippen molar-refractivity contribution < 1.29 is 10.0 Å². The number of nitrogens with zero attached hydrogens (tertiary/aromatic N) is 4. The van der Waals surface area contributed by atoms with Crippen molar-refractivity contribution in [1.29, 1.82) is 0 Å². The lowest BCUT2D eigenvalue weighted by atomic mass is 9.80. The van der Waals surface area contributed by atoms with Crippen LogP contribution >= 0.6 is 0 Å². The summed E-state index contributed by atoms with van der Waals surface area (Å²) in [6, 6.07) is 10.2. The smallest absolute Gasteiger partial charge is 0.270 e. The molecule has 2 aromatic rings. The van der Waals surface area contributed by atoms with Crippen molar-refractivity contribution in [1.82, 2.24) is 10.2 Å². The van der Waals surface area contributed by atoms with Gasteiger partial charge < -0.3 is 10.0 Å². The van der Waals surface area contributed by atoms with Crippen molar-refractivity contribution in [2.24, 2.45) is 11.8 Å². The summed E-state index contributed by atoms with van der Waals surface area (Å²) < 4.78 is 0. The van der Waals surface area contributed by atoms with E-state index in [2.05, 4.69) is 15.1 Å². The van der Waals surface area contributed by atoms with Gasteiger partial charge >= 0.3 is 0 Å². The van der Waals surface area contributed by atoms with Gasteiger partial charge in [0.2, 0.25) is 0 Å². The second-order valence-electron chi connectivity index (χ2n) is 6.98. The number of fused-ring (bicyclic) bond motifs is 1. The molecule has 1 aromatic heterocycles. The Bertz CT molecular complexity index is 780. The van der Waals surface area contributed by atoms with Gasteiger partial charge in [-0.15, -0.1) is 10.2 Å². The van der Waals surface area contributed by atoms with Crippen LogP contribution in [0.25, 0.3) is 11.3 Å². The van der Waals surface area contributed by atoms with E-state index in [4.69, 9.17) is 0 Å². The number of aromatic nitrogens is 2. The summed E-state index contributed by atoms with van der Waals surface area (Å²) in [7, 11) is 0. The topological polar surface area (TPSA) is 92.4 Å². The van der Waals surface area contributed by atoms with Crippen LogP contribution in [-0.2, 0) is 0 Å². The zero-order chi connectivity index (χ0) is 17.4. The van der Waals surface area contributed by atoms with Crippen LogP contribution in [0.5, 0.6) is 0 Å². The molecule has 2 aliphatic rings. The van der Waals surface area contributed by atoms with Crippen LogP contribution in [-0.4, -0.2) is 39.4 Å². The Morgan fingerprint density at radius 1 is 1.12 bits per heavy atom. The van der Waals surface area contributed by atoms with Gasteiger partial charge in [-0.25, -0.2) is 0 Å². The number of hydrogen-bond donors (Lipinski definition) is 1. The minimum absolute atomic E-state index is 0.0468. The highest BCUT2D eigenvalue weighted by atomic mass is 16.6. The SMILES string of the molecule is O=[N+]([O-])c1cccc(-c2ccc(N3C[C@H]4CC[C@@H](O)C[C@H]4C3)nn2)c1. The standard InChI is InChI=1S/C18H20N4O3/c23-16-5-4-13-10-21(11-14(13)9-16)18-7-6-17(19-20-18)12-2-1-3-15(8-12)22(24)25/h1-3,6-8,13-14,16,23H,4-5,9-11H2/t13-,14+,16-/m1/s1. The van der Waals surface area contributed by atoms with Crippen LogP contribution in [0, 0.1) is 22.0 Å². The second kappa shape index (κ2) is 6.40. The molecule has 0 radical (unpaired) electrons. The number of non-ortho nitro benzene ring substituents is 1. The second-order valence-corrected chi connectivity index (χ2v) is 6.98. The Morgan fingerprint density at radius 3 is 2.72 bits per heavy atom. The average molecular weight is 340 g/mol. The van der Waals surface area contributed by atoms with E-state index in [0.717, 1.165) is 38.2 Å². The minimum Gasteiger partial charge on any atom is -0.393 e. The summed E-state index contributed by atoms with van der Waals surface area (Å²) >= 11 is 0. The first-order chi connectivity index (χ1) is 12.1. The van der Waals surface area contributed by atoms with Crippen LogP contribution in [0.2, 0.25) is 0 Å². The molecular weight excluding hydrogens is 320 g/mol. The summed E-state index contributed by atoms with van der Waals surface area (Å²) in [4.78, 5) is 12.7. The lowest BCUT2D eigenvalue weighted by Crippen LogP contribution is -2.26. The molecule has 1 aromatic carbocycles. The average Bonchev–Trinajstić information content (AvgIpc) is 3.05. The highest BCUT2D eigenvalue weighted by Gasteiger charge is 2.37. The number of aliphatic hydroxyl groups is 1. The van der Waals surface area contributed by atoms with Gasteiger partial charge in [-0.3, -0.25) is 10.1 Å². The molecule has 4 rings (SSSR count). The molecule has 2 fully saturated rings. The van der Waals surface area contributed by atoms with Gasteiger partial charge in [0.15, 0.2) is 5.82 Å². The first-order valence-electron chi connectivity index (χ1n) is 8.62. The molecule has 0 amide bonds. The number of rotatable bonds is 3. The zero-order valence-corrected chi connectivity index (χ0v) is 13.8. The third-order valence-electron chi connectivity index (χ3n) is 5.35. The summed E-state index contributed by atoms with van der Waals surface area (Å²) in [6.07, 6.45) is 2.68. The molecule has 7 nitrogen and oxygen atoms in total. The van der Waals surface area contributed by atoms with E-state index >= 15 is 0 Å².